The normalized spacial score (nSPS) is 15.4. The van der Waals surface area contributed by atoms with E-state index < -0.39 is 6.10 Å². The fourth-order valence-electron chi connectivity index (χ4n) is 1.18. The van der Waals surface area contributed by atoms with E-state index in [4.69, 9.17) is 10.8 Å². The Hall–Kier alpha value is -0.900. The zero-order valence-corrected chi connectivity index (χ0v) is 7.64. The van der Waals surface area contributed by atoms with Gasteiger partial charge in [0, 0.05) is 6.04 Å². The number of nitrogens with two attached hydrogens (primary N) is 1. The molecule has 0 spiro atoms. The second-order valence-corrected chi connectivity index (χ2v) is 3.21. The van der Waals surface area contributed by atoms with E-state index in [2.05, 4.69) is 0 Å². The van der Waals surface area contributed by atoms with E-state index in [1.54, 1.807) is 31.2 Å². The Balaban J connectivity index is 2.88. The number of benzene rings is 1. The summed E-state index contributed by atoms with van der Waals surface area (Å²) in [6.07, 6.45) is -0.661. The van der Waals surface area contributed by atoms with Crippen LogP contribution in [0.5, 0.6) is 0 Å². The van der Waals surface area contributed by atoms with Crippen molar-refractivity contribution in [3.63, 3.8) is 0 Å². The van der Waals surface area contributed by atoms with Crippen LogP contribution in [0.4, 0.5) is 0 Å². The molecule has 13 heavy (non-hydrogen) atoms. The maximum Gasteiger partial charge on any atom is 0.0938 e. The van der Waals surface area contributed by atoms with Crippen molar-refractivity contribution in [2.45, 2.75) is 25.7 Å². The lowest BCUT2D eigenvalue weighted by molar-refractivity contribution is 0.153. The van der Waals surface area contributed by atoms with E-state index in [0.29, 0.717) is 0 Å². The fraction of sp³-hybridized carbons (Fsp3) is 0.400. The molecule has 0 saturated carbocycles. The van der Waals surface area contributed by atoms with Crippen molar-refractivity contribution in [1.29, 1.82) is 0 Å². The van der Waals surface area contributed by atoms with Crippen molar-refractivity contribution in [1.82, 2.24) is 0 Å². The molecule has 0 radical (unpaired) electrons. The highest BCUT2D eigenvalue weighted by molar-refractivity contribution is 5.25. The molecular weight excluding hydrogens is 166 g/mol. The van der Waals surface area contributed by atoms with Crippen LogP contribution in [0.2, 0.25) is 0 Å². The minimum atomic E-state index is -0.661. The van der Waals surface area contributed by atoms with Gasteiger partial charge in [0.2, 0.25) is 0 Å². The third-order valence-corrected chi connectivity index (χ3v) is 1.97. The molecule has 0 aliphatic rings. The molecule has 2 unspecified atom stereocenters. The Bertz CT molecular complexity index is 273. The summed E-state index contributed by atoms with van der Waals surface area (Å²) < 4.78 is 0. The Kier molecular flexibility index (Phi) is 3.42. The van der Waals surface area contributed by atoms with E-state index in [1.165, 1.54) is 0 Å². The third-order valence-electron chi connectivity index (χ3n) is 1.97. The van der Waals surface area contributed by atoms with Gasteiger partial charge in [0.15, 0.2) is 0 Å². The summed E-state index contributed by atoms with van der Waals surface area (Å²) in [4.78, 5) is 0. The van der Waals surface area contributed by atoms with Crippen molar-refractivity contribution >= 4 is 0 Å². The van der Waals surface area contributed by atoms with Crippen LogP contribution in [0.3, 0.4) is 0 Å². The van der Waals surface area contributed by atoms with Crippen molar-refractivity contribution in [3.05, 3.63) is 35.4 Å². The summed E-state index contributed by atoms with van der Waals surface area (Å²) in [5.41, 5.74) is 7.09. The van der Waals surface area contributed by atoms with Gasteiger partial charge in [-0.15, -0.1) is 0 Å². The van der Waals surface area contributed by atoms with Crippen molar-refractivity contribution in [2.75, 3.05) is 0 Å². The lowest BCUT2D eigenvalue weighted by Crippen LogP contribution is -2.24. The molecule has 0 aromatic heterocycles. The van der Waals surface area contributed by atoms with E-state index in [-0.39, 0.29) is 12.6 Å². The van der Waals surface area contributed by atoms with Crippen molar-refractivity contribution in [3.8, 4) is 0 Å². The fourth-order valence-corrected chi connectivity index (χ4v) is 1.18. The molecule has 0 bridgehead atoms. The zero-order valence-electron chi connectivity index (χ0n) is 7.64. The Morgan fingerprint density at radius 2 is 2.15 bits per heavy atom. The minimum Gasteiger partial charge on any atom is -0.392 e. The average Bonchev–Trinajstić information content (AvgIpc) is 2.16. The standard InChI is InChI=1S/C10H15NO2/c1-7(11)10(13)9-4-2-3-8(5-9)6-12/h2-5,7,10,12-13H,6,11H2,1H3. The predicted molar refractivity (Wildman–Crippen MR) is 51.0 cm³/mol. The molecule has 0 fully saturated rings. The van der Waals surface area contributed by atoms with Gasteiger partial charge in [-0.2, -0.15) is 0 Å². The number of hydrogen-bond acceptors (Lipinski definition) is 3. The van der Waals surface area contributed by atoms with Crippen LogP contribution in [-0.4, -0.2) is 16.3 Å². The van der Waals surface area contributed by atoms with Crippen molar-refractivity contribution < 1.29 is 10.2 Å². The second-order valence-electron chi connectivity index (χ2n) is 3.21. The lowest BCUT2D eigenvalue weighted by atomic mass is 10.0. The molecule has 1 aromatic rings. The highest BCUT2D eigenvalue weighted by Gasteiger charge is 2.11. The Morgan fingerprint density at radius 1 is 1.46 bits per heavy atom. The molecule has 1 aromatic carbocycles. The predicted octanol–water partition coefficient (Wildman–Crippen LogP) is 0.560. The van der Waals surface area contributed by atoms with E-state index in [1.807, 2.05) is 0 Å². The van der Waals surface area contributed by atoms with E-state index in [9.17, 15) is 5.11 Å². The smallest absolute Gasteiger partial charge is 0.0938 e. The first kappa shape index (κ1) is 10.2. The van der Waals surface area contributed by atoms with Crippen LogP contribution in [0.1, 0.15) is 24.2 Å². The van der Waals surface area contributed by atoms with Crippen molar-refractivity contribution in [2.24, 2.45) is 5.73 Å². The van der Waals surface area contributed by atoms with Gasteiger partial charge in [0.05, 0.1) is 12.7 Å². The molecule has 0 aliphatic heterocycles. The maximum atomic E-state index is 9.61. The van der Waals surface area contributed by atoms with Crippen LogP contribution >= 0.6 is 0 Å². The molecule has 3 nitrogen and oxygen atoms in total. The maximum absolute atomic E-state index is 9.61. The topological polar surface area (TPSA) is 66.5 Å². The van der Waals surface area contributed by atoms with Gasteiger partial charge < -0.3 is 15.9 Å². The van der Waals surface area contributed by atoms with E-state index in [0.717, 1.165) is 11.1 Å². The first-order valence-electron chi connectivity index (χ1n) is 4.28. The molecule has 0 saturated heterocycles. The quantitative estimate of drug-likeness (QED) is 0.638. The van der Waals surface area contributed by atoms with Gasteiger partial charge in [0.1, 0.15) is 0 Å². The number of rotatable bonds is 3. The first-order valence-corrected chi connectivity index (χ1v) is 4.28. The van der Waals surface area contributed by atoms with E-state index >= 15 is 0 Å². The minimum absolute atomic E-state index is 0.0144. The lowest BCUT2D eigenvalue weighted by Gasteiger charge is -2.15. The zero-order chi connectivity index (χ0) is 9.84. The third kappa shape index (κ3) is 2.52. The monoisotopic (exact) mass is 181 g/mol. The van der Waals surface area contributed by atoms with Gasteiger partial charge in [0.25, 0.3) is 0 Å². The van der Waals surface area contributed by atoms with Gasteiger partial charge in [-0.1, -0.05) is 24.3 Å². The Morgan fingerprint density at radius 3 is 2.69 bits per heavy atom. The van der Waals surface area contributed by atoms with Crippen LogP contribution in [0.15, 0.2) is 24.3 Å². The molecule has 2 atom stereocenters. The molecule has 4 N–H and O–H groups in total. The largest absolute Gasteiger partial charge is 0.392 e. The van der Waals surface area contributed by atoms with Gasteiger partial charge in [-0.05, 0) is 18.1 Å². The number of hydrogen-bond donors (Lipinski definition) is 3. The second kappa shape index (κ2) is 4.37. The summed E-state index contributed by atoms with van der Waals surface area (Å²) in [7, 11) is 0. The van der Waals surface area contributed by atoms with Crippen LogP contribution in [0.25, 0.3) is 0 Å². The summed E-state index contributed by atoms with van der Waals surface area (Å²) in [5, 5.41) is 18.5. The summed E-state index contributed by atoms with van der Waals surface area (Å²) >= 11 is 0. The van der Waals surface area contributed by atoms with Crippen LogP contribution < -0.4 is 5.73 Å². The molecule has 1 rings (SSSR count). The molecular formula is C10H15NO2. The SMILES string of the molecule is CC(N)C(O)c1cccc(CO)c1. The summed E-state index contributed by atoms with van der Waals surface area (Å²) in [5.74, 6) is 0. The molecule has 72 valence electrons. The average molecular weight is 181 g/mol. The molecule has 0 heterocycles. The highest BCUT2D eigenvalue weighted by atomic mass is 16.3. The van der Waals surface area contributed by atoms with Gasteiger partial charge >= 0.3 is 0 Å². The number of aliphatic hydroxyl groups is 2. The molecule has 0 amide bonds. The highest BCUT2D eigenvalue weighted by Crippen LogP contribution is 2.16. The summed E-state index contributed by atoms with van der Waals surface area (Å²) in [6, 6.07) is 6.86. The van der Waals surface area contributed by atoms with Crippen LogP contribution in [0, 0.1) is 0 Å². The van der Waals surface area contributed by atoms with Gasteiger partial charge in [-0.3, -0.25) is 0 Å². The molecule has 0 aliphatic carbocycles. The molecule has 3 heteroatoms. The number of aliphatic hydroxyl groups excluding tert-OH is 2. The summed E-state index contributed by atoms with van der Waals surface area (Å²) in [6.45, 7) is 1.73. The first-order chi connectivity index (χ1) is 6.15. The Labute approximate surface area is 77.8 Å². The van der Waals surface area contributed by atoms with Gasteiger partial charge in [-0.25, -0.2) is 0 Å². The van der Waals surface area contributed by atoms with Crippen LogP contribution in [-0.2, 0) is 6.61 Å².